The maximum atomic E-state index is 13.6. The highest BCUT2D eigenvalue weighted by atomic mass is 32.2. The third-order valence-electron chi connectivity index (χ3n) is 7.08. The molecule has 34 heavy (non-hydrogen) atoms. The normalized spacial score (nSPS) is 23.0. The van der Waals surface area contributed by atoms with E-state index >= 15 is 0 Å². The van der Waals surface area contributed by atoms with Crippen molar-refractivity contribution in [3.63, 3.8) is 0 Å². The van der Waals surface area contributed by atoms with Crippen LogP contribution in [-0.4, -0.2) is 90.7 Å². The number of carbonyl (C=O) groups is 2. The molecular weight excluding hydrogens is 452 g/mol. The molecule has 0 aromatic carbocycles. The van der Waals surface area contributed by atoms with Gasteiger partial charge >= 0.3 is 6.09 Å². The van der Waals surface area contributed by atoms with Crippen molar-refractivity contribution in [3.8, 4) is 6.07 Å². The van der Waals surface area contributed by atoms with Crippen LogP contribution < -0.4 is 10.6 Å². The number of alkyl carbamates (subject to hydrolysis) is 1. The Kier molecular flexibility index (Phi) is 10.3. The molecule has 1 atom stereocenters. The van der Waals surface area contributed by atoms with Gasteiger partial charge in [0.05, 0.1) is 12.7 Å². The van der Waals surface area contributed by atoms with Crippen LogP contribution in [0.1, 0.15) is 58.3 Å². The van der Waals surface area contributed by atoms with Gasteiger partial charge in [-0.1, -0.05) is 32.1 Å². The molecule has 2 aliphatic heterocycles. The molecule has 3 rings (SSSR count). The maximum Gasteiger partial charge on any atom is 0.413 e. The van der Waals surface area contributed by atoms with Gasteiger partial charge in [-0.25, -0.2) is 9.79 Å². The van der Waals surface area contributed by atoms with Crippen molar-refractivity contribution in [3.05, 3.63) is 0 Å². The van der Waals surface area contributed by atoms with Gasteiger partial charge in [-0.05, 0) is 39.2 Å². The third kappa shape index (κ3) is 7.77. The van der Waals surface area contributed by atoms with Crippen LogP contribution in [0.5, 0.6) is 0 Å². The number of ether oxygens (including phenoxy) is 1. The number of rotatable bonds is 6. The molecule has 2 saturated heterocycles. The van der Waals surface area contributed by atoms with Gasteiger partial charge in [0.2, 0.25) is 11.9 Å². The fraction of sp³-hybridized carbons (Fsp3) is 0.833. The van der Waals surface area contributed by atoms with Gasteiger partial charge in [-0.3, -0.25) is 10.1 Å². The van der Waals surface area contributed by atoms with Crippen LogP contribution in [-0.2, 0) is 9.53 Å². The van der Waals surface area contributed by atoms with Gasteiger partial charge in [0.1, 0.15) is 11.6 Å². The largest absolute Gasteiger partial charge is 0.450 e. The standard InChI is InChI=1S/C24H40N6O3S/c1-3-33-23(32)27-22(30-13-15-34-16-14-30)26-20(17-19-7-5-4-6-8-19)21(31)28-24(18-25)9-11-29(2)12-10-24/h19-20H,3-17H2,1-2H3,(H,28,31)(H,26,27,32). The summed E-state index contributed by atoms with van der Waals surface area (Å²) in [5, 5.41) is 15.8. The lowest BCUT2D eigenvalue weighted by Crippen LogP contribution is -2.56. The van der Waals surface area contributed by atoms with E-state index in [1.807, 2.05) is 23.7 Å². The van der Waals surface area contributed by atoms with Crippen LogP contribution in [0.2, 0.25) is 0 Å². The summed E-state index contributed by atoms with van der Waals surface area (Å²) in [7, 11) is 2.03. The third-order valence-corrected chi connectivity index (χ3v) is 8.02. The first-order chi connectivity index (χ1) is 16.4. The number of amides is 2. The molecule has 9 nitrogen and oxygen atoms in total. The zero-order chi connectivity index (χ0) is 24.4. The molecule has 2 N–H and O–H groups in total. The van der Waals surface area contributed by atoms with Crippen molar-refractivity contribution in [2.75, 3.05) is 51.3 Å². The van der Waals surface area contributed by atoms with E-state index in [1.165, 1.54) is 19.3 Å². The molecule has 2 amide bonds. The minimum Gasteiger partial charge on any atom is -0.450 e. The monoisotopic (exact) mass is 492 g/mol. The van der Waals surface area contributed by atoms with Crippen LogP contribution in [0.4, 0.5) is 4.79 Å². The van der Waals surface area contributed by atoms with Gasteiger partial charge in [0.25, 0.3) is 0 Å². The van der Waals surface area contributed by atoms with Crippen molar-refractivity contribution >= 4 is 29.7 Å². The average molecular weight is 493 g/mol. The Balaban J connectivity index is 1.83. The average Bonchev–Trinajstić information content (AvgIpc) is 2.86. The summed E-state index contributed by atoms with van der Waals surface area (Å²) in [5.74, 6) is 2.49. The molecule has 10 heteroatoms. The number of piperidine rings is 1. The van der Waals surface area contributed by atoms with Crippen molar-refractivity contribution in [2.24, 2.45) is 10.9 Å². The second-order valence-corrected chi connectivity index (χ2v) is 10.9. The SMILES string of the molecule is CCOC(=O)N/C(=N/C(CC1CCCCC1)C(=O)NC1(C#N)CCN(C)CC1)N1CCSCC1. The molecule has 0 spiro atoms. The van der Waals surface area contributed by atoms with E-state index in [1.54, 1.807) is 6.92 Å². The molecule has 0 aromatic rings. The van der Waals surface area contributed by atoms with Crippen molar-refractivity contribution in [2.45, 2.75) is 69.9 Å². The maximum absolute atomic E-state index is 13.6. The van der Waals surface area contributed by atoms with Crippen molar-refractivity contribution < 1.29 is 14.3 Å². The zero-order valence-electron chi connectivity index (χ0n) is 20.7. The van der Waals surface area contributed by atoms with Gasteiger partial charge in [-0.15, -0.1) is 0 Å². The smallest absolute Gasteiger partial charge is 0.413 e. The van der Waals surface area contributed by atoms with Gasteiger partial charge in [-0.2, -0.15) is 17.0 Å². The Bertz CT molecular complexity index is 750. The summed E-state index contributed by atoms with van der Waals surface area (Å²) in [6, 6.07) is 1.73. The molecule has 1 unspecified atom stereocenters. The van der Waals surface area contributed by atoms with Gasteiger partial charge < -0.3 is 19.9 Å². The summed E-state index contributed by atoms with van der Waals surface area (Å²) in [5.41, 5.74) is -0.861. The van der Waals surface area contributed by atoms with Crippen LogP contribution in [0.25, 0.3) is 0 Å². The number of likely N-dealkylation sites (tertiary alicyclic amines) is 1. The Morgan fingerprint density at radius 2 is 1.85 bits per heavy atom. The number of carbonyl (C=O) groups excluding carboxylic acids is 2. The molecular formula is C24H40N6O3S. The summed E-state index contributed by atoms with van der Waals surface area (Å²) >= 11 is 1.86. The number of aliphatic imine (C=N–C) groups is 1. The second-order valence-electron chi connectivity index (χ2n) is 9.64. The Hall–Kier alpha value is -1.99. The Morgan fingerprint density at radius 1 is 1.18 bits per heavy atom. The minimum atomic E-state index is -0.861. The lowest BCUT2D eigenvalue weighted by atomic mass is 9.84. The number of hydrogen-bond donors (Lipinski definition) is 2. The topological polar surface area (TPSA) is 110 Å². The summed E-state index contributed by atoms with van der Waals surface area (Å²) in [6.45, 7) is 5.07. The molecule has 0 bridgehead atoms. The molecule has 2 heterocycles. The first-order valence-corrected chi connectivity index (χ1v) is 13.9. The van der Waals surface area contributed by atoms with E-state index in [4.69, 9.17) is 9.73 Å². The van der Waals surface area contributed by atoms with Crippen LogP contribution in [0.15, 0.2) is 4.99 Å². The number of thioether (sulfide) groups is 1. The number of nitrogens with one attached hydrogen (secondary N) is 2. The van der Waals surface area contributed by atoms with E-state index in [9.17, 15) is 14.9 Å². The second kappa shape index (κ2) is 13.2. The van der Waals surface area contributed by atoms with E-state index in [0.29, 0.717) is 31.1 Å². The van der Waals surface area contributed by atoms with Crippen LogP contribution >= 0.6 is 11.8 Å². The molecule has 0 radical (unpaired) electrons. The van der Waals surface area contributed by atoms with Crippen LogP contribution in [0, 0.1) is 17.2 Å². The fourth-order valence-electron chi connectivity index (χ4n) is 4.92. The molecule has 1 saturated carbocycles. The first-order valence-electron chi connectivity index (χ1n) is 12.7. The predicted octanol–water partition coefficient (Wildman–Crippen LogP) is 2.58. The lowest BCUT2D eigenvalue weighted by Gasteiger charge is -2.37. The predicted molar refractivity (Wildman–Crippen MR) is 135 cm³/mol. The van der Waals surface area contributed by atoms with Crippen LogP contribution in [0.3, 0.4) is 0 Å². The number of nitriles is 1. The summed E-state index contributed by atoms with van der Waals surface area (Å²) in [4.78, 5) is 35.0. The van der Waals surface area contributed by atoms with E-state index in [-0.39, 0.29) is 12.5 Å². The minimum absolute atomic E-state index is 0.216. The summed E-state index contributed by atoms with van der Waals surface area (Å²) in [6.07, 6.45) is 7.05. The fourth-order valence-corrected chi connectivity index (χ4v) is 5.82. The number of hydrogen-bond acceptors (Lipinski definition) is 7. The quantitative estimate of drug-likeness (QED) is 0.433. The highest BCUT2D eigenvalue weighted by molar-refractivity contribution is 7.99. The molecule has 3 fully saturated rings. The molecule has 190 valence electrons. The number of nitrogens with zero attached hydrogens (tertiary/aromatic N) is 4. The lowest BCUT2D eigenvalue weighted by molar-refractivity contribution is -0.124. The van der Waals surface area contributed by atoms with E-state index in [0.717, 1.165) is 50.5 Å². The summed E-state index contributed by atoms with van der Waals surface area (Å²) < 4.78 is 5.11. The Labute approximate surface area is 208 Å². The molecule has 3 aliphatic rings. The highest BCUT2D eigenvalue weighted by Crippen LogP contribution is 2.29. The van der Waals surface area contributed by atoms with E-state index < -0.39 is 17.7 Å². The van der Waals surface area contributed by atoms with Gasteiger partial charge in [0, 0.05) is 37.7 Å². The highest BCUT2D eigenvalue weighted by Gasteiger charge is 2.38. The van der Waals surface area contributed by atoms with E-state index in [2.05, 4.69) is 21.6 Å². The number of guanidine groups is 1. The van der Waals surface area contributed by atoms with Crippen molar-refractivity contribution in [1.29, 1.82) is 5.26 Å². The zero-order valence-corrected chi connectivity index (χ0v) is 21.5. The van der Waals surface area contributed by atoms with Crippen molar-refractivity contribution in [1.82, 2.24) is 20.4 Å². The first kappa shape index (κ1) is 26.6. The molecule has 1 aliphatic carbocycles. The Morgan fingerprint density at radius 3 is 2.47 bits per heavy atom. The molecule has 0 aromatic heterocycles. The van der Waals surface area contributed by atoms with Gasteiger partial charge in [0.15, 0.2) is 0 Å².